The largest absolute Gasteiger partial charge is 0.308 e. The third-order valence-electron chi connectivity index (χ3n) is 3.63. The van der Waals surface area contributed by atoms with E-state index in [0.717, 1.165) is 27.6 Å². The summed E-state index contributed by atoms with van der Waals surface area (Å²) >= 11 is 5.68. The molecule has 0 aromatic carbocycles. The highest BCUT2D eigenvalue weighted by Crippen LogP contribution is 2.43. The van der Waals surface area contributed by atoms with E-state index in [-0.39, 0.29) is 0 Å². The van der Waals surface area contributed by atoms with Gasteiger partial charge in [-0.05, 0) is 19.4 Å². The van der Waals surface area contributed by atoms with E-state index in [2.05, 4.69) is 26.2 Å². The summed E-state index contributed by atoms with van der Waals surface area (Å²) in [6.07, 6.45) is 0. The van der Waals surface area contributed by atoms with Crippen LogP contribution >= 0.6 is 34.9 Å². The Hall–Kier alpha value is -0.500. The van der Waals surface area contributed by atoms with E-state index in [1.165, 1.54) is 16.2 Å². The molecule has 0 spiro atoms. The molecule has 2 aromatic rings. The lowest BCUT2D eigenvalue weighted by Gasteiger charge is -2.26. The van der Waals surface area contributed by atoms with Crippen molar-refractivity contribution in [3.8, 4) is 0 Å². The Balaban J connectivity index is 2.13. The van der Waals surface area contributed by atoms with Gasteiger partial charge in [-0.2, -0.15) is 11.8 Å². The fraction of sp³-hybridized carbons (Fsp3) is 0.538. The first-order chi connectivity index (χ1) is 9.61. The summed E-state index contributed by atoms with van der Waals surface area (Å²) in [4.78, 5) is 11.8. The molecule has 3 N–H and O–H groups in total. The summed E-state index contributed by atoms with van der Waals surface area (Å²) in [6.45, 7) is 6.48. The van der Waals surface area contributed by atoms with Crippen LogP contribution in [0, 0.1) is 13.8 Å². The van der Waals surface area contributed by atoms with E-state index in [9.17, 15) is 0 Å². The average Bonchev–Trinajstić information content (AvgIpc) is 2.73. The summed E-state index contributed by atoms with van der Waals surface area (Å²) in [5, 5.41) is 1.96. The summed E-state index contributed by atoms with van der Waals surface area (Å²) in [5.74, 6) is 9.73. The smallest absolute Gasteiger partial charge is 0.152 e. The number of fused-ring (bicyclic) bond motifs is 1. The summed E-state index contributed by atoms with van der Waals surface area (Å²) in [6, 6.07) is 0. The molecule has 2 atom stereocenters. The summed E-state index contributed by atoms with van der Waals surface area (Å²) < 4.78 is 0. The predicted octanol–water partition coefficient (Wildman–Crippen LogP) is 3.50. The number of nitrogen functional groups attached to an aromatic ring is 1. The lowest BCUT2D eigenvalue weighted by atomic mass is 10.2. The van der Waals surface area contributed by atoms with Crippen LogP contribution in [0.3, 0.4) is 0 Å². The van der Waals surface area contributed by atoms with Crippen LogP contribution in [-0.2, 0) is 0 Å². The molecule has 3 rings (SSSR count). The number of nitrogens with two attached hydrogens (primary N) is 1. The van der Waals surface area contributed by atoms with Crippen LogP contribution in [0.1, 0.15) is 28.4 Å². The molecule has 3 heterocycles. The highest BCUT2D eigenvalue weighted by atomic mass is 32.2. The van der Waals surface area contributed by atoms with Gasteiger partial charge < -0.3 is 5.43 Å². The number of nitrogens with one attached hydrogen (secondary N) is 1. The van der Waals surface area contributed by atoms with E-state index in [0.29, 0.717) is 10.5 Å². The van der Waals surface area contributed by atoms with Gasteiger partial charge in [-0.1, -0.05) is 6.92 Å². The topological polar surface area (TPSA) is 63.8 Å². The molecule has 1 aliphatic rings. The zero-order valence-electron chi connectivity index (χ0n) is 11.8. The number of hydrogen-bond donors (Lipinski definition) is 2. The van der Waals surface area contributed by atoms with Crippen molar-refractivity contribution in [2.45, 2.75) is 31.3 Å². The molecule has 108 valence electrons. The molecule has 20 heavy (non-hydrogen) atoms. The van der Waals surface area contributed by atoms with Crippen LogP contribution in [0.15, 0.2) is 0 Å². The van der Waals surface area contributed by atoms with Gasteiger partial charge in [0, 0.05) is 21.6 Å². The molecule has 0 aliphatic carbocycles. The lowest BCUT2D eigenvalue weighted by molar-refractivity contribution is 0.834. The monoisotopic (exact) mass is 326 g/mol. The molecule has 0 amide bonds. The standard InChI is InChI=1S/C13H18N4S3/c1-6-7(2)20-13-9(6)11(17-14)15-12(16-13)10-8(3)18-4-5-19-10/h8,10H,4-5,14H2,1-3H3,(H,15,16,17). The van der Waals surface area contributed by atoms with Crippen molar-refractivity contribution in [2.75, 3.05) is 16.9 Å². The number of nitrogens with zero attached hydrogens (tertiary/aromatic N) is 2. The van der Waals surface area contributed by atoms with Gasteiger partial charge in [-0.25, -0.2) is 15.8 Å². The quantitative estimate of drug-likeness (QED) is 0.650. The van der Waals surface area contributed by atoms with Crippen molar-refractivity contribution in [1.82, 2.24) is 9.97 Å². The second kappa shape index (κ2) is 5.71. The van der Waals surface area contributed by atoms with Crippen LogP contribution in [-0.4, -0.2) is 26.7 Å². The Kier molecular flexibility index (Phi) is 4.12. The molecule has 1 aliphatic heterocycles. The Morgan fingerprint density at radius 2 is 1.95 bits per heavy atom. The van der Waals surface area contributed by atoms with Gasteiger partial charge in [0.25, 0.3) is 0 Å². The molecule has 2 unspecified atom stereocenters. The molecular formula is C13H18N4S3. The van der Waals surface area contributed by atoms with Crippen LogP contribution in [0.5, 0.6) is 0 Å². The van der Waals surface area contributed by atoms with Crippen LogP contribution < -0.4 is 11.3 Å². The predicted molar refractivity (Wildman–Crippen MR) is 91.8 cm³/mol. The normalized spacial score (nSPS) is 23.2. The zero-order chi connectivity index (χ0) is 14.3. The third-order valence-corrected chi connectivity index (χ3v) is 7.81. The maximum Gasteiger partial charge on any atom is 0.152 e. The fourth-order valence-electron chi connectivity index (χ4n) is 2.41. The van der Waals surface area contributed by atoms with Gasteiger partial charge in [0.2, 0.25) is 0 Å². The second-order valence-electron chi connectivity index (χ2n) is 4.91. The van der Waals surface area contributed by atoms with Gasteiger partial charge in [0.1, 0.15) is 10.7 Å². The van der Waals surface area contributed by atoms with Gasteiger partial charge in [-0.3, -0.25) is 0 Å². The molecular weight excluding hydrogens is 308 g/mol. The minimum atomic E-state index is 0.355. The lowest BCUT2D eigenvalue weighted by Crippen LogP contribution is -2.19. The molecule has 4 nitrogen and oxygen atoms in total. The van der Waals surface area contributed by atoms with Crippen molar-refractivity contribution in [3.05, 3.63) is 16.3 Å². The van der Waals surface area contributed by atoms with E-state index < -0.39 is 0 Å². The van der Waals surface area contributed by atoms with E-state index in [4.69, 9.17) is 15.8 Å². The van der Waals surface area contributed by atoms with Crippen LogP contribution in [0.2, 0.25) is 0 Å². The highest BCUT2D eigenvalue weighted by molar-refractivity contribution is 8.06. The van der Waals surface area contributed by atoms with Gasteiger partial charge in [-0.15, -0.1) is 23.1 Å². The van der Waals surface area contributed by atoms with Crippen molar-refractivity contribution in [1.29, 1.82) is 0 Å². The van der Waals surface area contributed by atoms with E-state index >= 15 is 0 Å². The highest BCUT2D eigenvalue weighted by Gasteiger charge is 2.28. The van der Waals surface area contributed by atoms with Gasteiger partial charge in [0.05, 0.1) is 10.6 Å². The number of aromatic nitrogens is 2. The molecule has 0 saturated carbocycles. The second-order valence-corrected chi connectivity index (χ2v) is 8.84. The van der Waals surface area contributed by atoms with E-state index in [1.807, 2.05) is 23.5 Å². The fourth-order valence-corrected chi connectivity index (χ4v) is 6.14. The minimum absolute atomic E-state index is 0.355. The number of thioether (sulfide) groups is 2. The van der Waals surface area contributed by atoms with Crippen molar-refractivity contribution in [3.63, 3.8) is 0 Å². The molecule has 7 heteroatoms. The van der Waals surface area contributed by atoms with Gasteiger partial charge in [0.15, 0.2) is 5.82 Å². The maximum absolute atomic E-state index is 5.68. The molecule has 1 saturated heterocycles. The van der Waals surface area contributed by atoms with Crippen molar-refractivity contribution >= 4 is 50.9 Å². The van der Waals surface area contributed by atoms with Crippen molar-refractivity contribution < 1.29 is 0 Å². The molecule has 0 radical (unpaired) electrons. The number of anilines is 1. The first-order valence-corrected chi connectivity index (χ1v) is 9.50. The Morgan fingerprint density at radius 1 is 1.20 bits per heavy atom. The minimum Gasteiger partial charge on any atom is -0.308 e. The Bertz CT molecular complexity index is 640. The van der Waals surface area contributed by atoms with Crippen LogP contribution in [0.4, 0.5) is 5.82 Å². The SMILES string of the molecule is Cc1sc2nc(C3SCCSC3C)nc(NN)c2c1C. The molecule has 2 aromatic heterocycles. The Labute approximate surface area is 131 Å². The molecule has 1 fully saturated rings. The zero-order valence-corrected chi connectivity index (χ0v) is 14.2. The number of hydrazine groups is 1. The molecule has 0 bridgehead atoms. The van der Waals surface area contributed by atoms with Crippen molar-refractivity contribution in [2.24, 2.45) is 5.84 Å². The number of aryl methyl sites for hydroxylation is 2. The van der Waals surface area contributed by atoms with Gasteiger partial charge >= 0.3 is 0 Å². The maximum atomic E-state index is 5.68. The first-order valence-electron chi connectivity index (χ1n) is 6.59. The Morgan fingerprint density at radius 3 is 2.65 bits per heavy atom. The van der Waals surface area contributed by atoms with Crippen LogP contribution in [0.25, 0.3) is 10.2 Å². The summed E-state index contributed by atoms with van der Waals surface area (Å²) in [7, 11) is 0. The number of thiophene rings is 1. The average molecular weight is 327 g/mol. The first kappa shape index (κ1) is 14.4. The number of hydrogen-bond acceptors (Lipinski definition) is 7. The van der Waals surface area contributed by atoms with E-state index in [1.54, 1.807) is 11.3 Å². The summed E-state index contributed by atoms with van der Waals surface area (Å²) in [5.41, 5.74) is 3.98. The number of rotatable bonds is 2. The third kappa shape index (κ3) is 2.41.